The second-order valence-corrected chi connectivity index (χ2v) is 14.8. The van der Waals surface area contributed by atoms with Gasteiger partial charge in [0, 0.05) is 14.2 Å². The van der Waals surface area contributed by atoms with Gasteiger partial charge in [-0.05, 0) is 29.3 Å². The smallest absolute Gasteiger partial charge is 0.261 e. The van der Waals surface area contributed by atoms with Crippen molar-refractivity contribution in [3.8, 4) is 0 Å². The van der Waals surface area contributed by atoms with Crippen LogP contribution in [0.25, 0.3) is 0 Å². The topological polar surface area (TPSA) is 55.4 Å². The molecule has 2 aromatic rings. The molecule has 34 heavy (non-hydrogen) atoms. The molecule has 0 spiro atoms. The van der Waals surface area contributed by atoms with Crippen molar-refractivity contribution in [3.05, 3.63) is 60.7 Å². The van der Waals surface area contributed by atoms with E-state index in [4.69, 9.17) is 28.1 Å². The van der Waals surface area contributed by atoms with Gasteiger partial charge in [-0.1, -0.05) is 81.4 Å². The first kappa shape index (κ1) is 25.5. The van der Waals surface area contributed by atoms with E-state index in [-0.39, 0.29) is 29.5 Å². The van der Waals surface area contributed by atoms with E-state index in [1.165, 1.54) is 10.4 Å². The highest BCUT2D eigenvalue weighted by atomic mass is 28.4. The second-order valence-electron chi connectivity index (χ2n) is 10.5. The minimum atomic E-state index is -2.72. The van der Waals surface area contributed by atoms with Crippen LogP contribution in [-0.2, 0) is 28.1 Å². The summed E-state index contributed by atoms with van der Waals surface area (Å²) < 4.78 is 37.4. The van der Waals surface area contributed by atoms with E-state index in [9.17, 15) is 0 Å². The fraction of sp³-hybridized carbons (Fsp3) is 0.556. The van der Waals surface area contributed by atoms with Gasteiger partial charge in [0.1, 0.15) is 24.4 Å². The van der Waals surface area contributed by atoms with E-state index in [0.29, 0.717) is 6.61 Å². The van der Waals surface area contributed by atoms with Crippen LogP contribution < -0.4 is 10.4 Å². The molecule has 7 heteroatoms. The van der Waals surface area contributed by atoms with Crippen molar-refractivity contribution in [2.24, 2.45) is 0 Å². The highest BCUT2D eigenvalue weighted by Gasteiger charge is 2.57. The quantitative estimate of drug-likeness (QED) is 0.559. The first-order chi connectivity index (χ1) is 16.1. The number of rotatable bonds is 7. The van der Waals surface area contributed by atoms with E-state index in [2.05, 4.69) is 69.3 Å². The SMILES string of the molecule is COC1O[C@H](CO[Si](c2ccccc2)(c2ccccc2)C(C)(C)C)[C@@H]2OC(C)(C)O[C@@H]2[C@H]1OC. The number of methoxy groups -OCH3 is 2. The van der Waals surface area contributed by atoms with Crippen LogP contribution in [0.3, 0.4) is 0 Å². The number of benzene rings is 2. The van der Waals surface area contributed by atoms with Gasteiger partial charge < -0.3 is 28.1 Å². The molecule has 2 fully saturated rings. The summed E-state index contributed by atoms with van der Waals surface area (Å²) in [6, 6.07) is 21.2. The Hall–Kier alpha value is -1.58. The van der Waals surface area contributed by atoms with E-state index >= 15 is 0 Å². The van der Waals surface area contributed by atoms with Crippen LogP contribution in [0.2, 0.25) is 5.04 Å². The molecule has 2 aliphatic rings. The Morgan fingerprint density at radius 3 is 1.82 bits per heavy atom. The summed E-state index contributed by atoms with van der Waals surface area (Å²) in [5.74, 6) is -0.742. The Kier molecular flexibility index (Phi) is 7.36. The summed E-state index contributed by atoms with van der Waals surface area (Å²) in [7, 11) is 0.548. The van der Waals surface area contributed by atoms with E-state index < -0.39 is 20.4 Å². The van der Waals surface area contributed by atoms with Gasteiger partial charge in [-0.25, -0.2) is 0 Å². The third-order valence-corrected chi connectivity index (χ3v) is 11.8. The zero-order valence-corrected chi connectivity index (χ0v) is 22.3. The maximum absolute atomic E-state index is 7.13. The molecular formula is C27H38O6Si. The molecule has 2 aromatic carbocycles. The fourth-order valence-electron chi connectivity index (χ4n) is 5.38. The molecule has 0 aliphatic carbocycles. The average molecular weight is 487 g/mol. The molecule has 0 radical (unpaired) electrons. The van der Waals surface area contributed by atoms with Gasteiger partial charge in [-0.15, -0.1) is 0 Å². The van der Waals surface area contributed by atoms with Gasteiger partial charge in [0.2, 0.25) is 0 Å². The van der Waals surface area contributed by atoms with Gasteiger partial charge in [-0.3, -0.25) is 0 Å². The molecule has 2 aliphatic heterocycles. The molecule has 2 saturated heterocycles. The van der Waals surface area contributed by atoms with Crippen molar-refractivity contribution in [3.63, 3.8) is 0 Å². The second kappa shape index (κ2) is 9.82. The molecule has 186 valence electrons. The number of fused-ring (bicyclic) bond motifs is 1. The minimum absolute atomic E-state index is 0.133. The lowest BCUT2D eigenvalue weighted by atomic mass is 9.99. The molecule has 2 heterocycles. The molecule has 0 amide bonds. The number of ether oxygens (including phenoxy) is 5. The monoisotopic (exact) mass is 486 g/mol. The third kappa shape index (κ3) is 4.63. The Labute approximate surface area is 204 Å². The van der Waals surface area contributed by atoms with Gasteiger partial charge in [0.15, 0.2) is 12.1 Å². The first-order valence-electron chi connectivity index (χ1n) is 11.9. The van der Waals surface area contributed by atoms with Crippen LogP contribution in [0.1, 0.15) is 34.6 Å². The van der Waals surface area contributed by atoms with Crippen molar-refractivity contribution < 1.29 is 28.1 Å². The normalized spacial score (nSPS) is 29.1. The largest absolute Gasteiger partial charge is 0.405 e. The average Bonchev–Trinajstić information content (AvgIpc) is 3.14. The molecule has 5 atom stereocenters. The summed E-state index contributed by atoms with van der Waals surface area (Å²) in [6.45, 7) is 11.0. The van der Waals surface area contributed by atoms with Crippen molar-refractivity contribution in [2.45, 2.75) is 76.1 Å². The lowest BCUT2D eigenvalue weighted by molar-refractivity contribution is -0.278. The summed E-state index contributed by atoms with van der Waals surface area (Å²) in [5.41, 5.74) is 0. The summed E-state index contributed by atoms with van der Waals surface area (Å²) in [6.07, 6.45) is -1.97. The fourth-order valence-corrected chi connectivity index (χ4v) is 9.95. The summed E-state index contributed by atoms with van der Waals surface area (Å²) in [5, 5.41) is 2.32. The predicted molar refractivity (Wildman–Crippen MR) is 134 cm³/mol. The van der Waals surface area contributed by atoms with Gasteiger partial charge >= 0.3 is 0 Å². The lowest BCUT2D eigenvalue weighted by Crippen LogP contribution is -2.68. The predicted octanol–water partition coefficient (Wildman–Crippen LogP) is 3.47. The Morgan fingerprint density at radius 2 is 1.35 bits per heavy atom. The number of hydrogen-bond acceptors (Lipinski definition) is 6. The van der Waals surface area contributed by atoms with Crippen molar-refractivity contribution >= 4 is 18.7 Å². The zero-order chi connectivity index (χ0) is 24.6. The minimum Gasteiger partial charge on any atom is -0.405 e. The molecule has 0 saturated carbocycles. The van der Waals surface area contributed by atoms with Crippen molar-refractivity contribution in [1.29, 1.82) is 0 Å². The van der Waals surface area contributed by atoms with Crippen LogP contribution in [0, 0.1) is 0 Å². The van der Waals surface area contributed by atoms with Gasteiger partial charge in [0.05, 0.1) is 6.61 Å². The molecule has 6 nitrogen and oxygen atoms in total. The molecule has 0 bridgehead atoms. The molecule has 1 unspecified atom stereocenters. The molecular weight excluding hydrogens is 448 g/mol. The van der Waals surface area contributed by atoms with Crippen LogP contribution in [0.5, 0.6) is 0 Å². The molecule has 0 N–H and O–H groups in total. The van der Waals surface area contributed by atoms with Gasteiger partial charge in [0.25, 0.3) is 8.32 Å². The van der Waals surface area contributed by atoms with E-state index in [0.717, 1.165) is 0 Å². The van der Waals surface area contributed by atoms with Crippen molar-refractivity contribution in [2.75, 3.05) is 20.8 Å². The van der Waals surface area contributed by atoms with Crippen molar-refractivity contribution in [1.82, 2.24) is 0 Å². The van der Waals surface area contributed by atoms with E-state index in [1.807, 2.05) is 26.0 Å². The summed E-state index contributed by atoms with van der Waals surface area (Å²) in [4.78, 5) is 0. The van der Waals surface area contributed by atoms with Gasteiger partial charge in [-0.2, -0.15) is 0 Å². The van der Waals surface area contributed by atoms with E-state index in [1.54, 1.807) is 14.2 Å². The molecule has 0 aromatic heterocycles. The van der Waals surface area contributed by atoms with Crippen LogP contribution in [-0.4, -0.2) is 65.6 Å². The highest BCUT2D eigenvalue weighted by Crippen LogP contribution is 2.41. The molecule has 4 rings (SSSR count). The van der Waals surface area contributed by atoms with Crippen LogP contribution >= 0.6 is 0 Å². The Bertz CT molecular complexity index is 890. The standard InChI is InChI=1S/C27H38O6Si/c1-26(2,3)34(19-14-10-8-11-15-19,20-16-12-9-13-17-20)30-18-21-22-23(33-27(4,5)32-22)24(28-6)25(29-7)31-21/h8-17,21-25H,18H2,1-7H3/t21-,22+,23+,24-,25?/m1/s1. The first-order valence-corrected chi connectivity index (χ1v) is 13.9. The maximum atomic E-state index is 7.13. The zero-order valence-electron chi connectivity index (χ0n) is 21.3. The Balaban J connectivity index is 1.72. The summed E-state index contributed by atoms with van der Waals surface area (Å²) >= 11 is 0. The van der Waals surface area contributed by atoms with Crippen LogP contribution in [0.4, 0.5) is 0 Å². The van der Waals surface area contributed by atoms with Crippen LogP contribution in [0.15, 0.2) is 60.7 Å². The number of hydrogen-bond donors (Lipinski definition) is 0. The third-order valence-electron chi connectivity index (χ3n) is 6.82. The maximum Gasteiger partial charge on any atom is 0.261 e. The Morgan fingerprint density at radius 1 is 0.824 bits per heavy atom. The highest BCUT2D eigenvalue weighted by molar-refractivity contribution is 6.99. The lowest BCUT2D eigenvalue weighted by Gasteiger charge is -2.46.